The number of benzene rings is 1. The van der Waals surface area contributed by atoms with E-state index in [0.717, 1.165) is 12.8 Å². The van der Waals surface area contributed by atoms with Gasteiger partial charge in [-0.15, -0.1) is 0 Å². The van der Waals surface area contributed by atoms with Crippen LogP contribution in [0.2, 0.25) is 0 Å². The van der Waals surface area contributed by atoms with Gasteiger partial charge in [0, 0.05) is 30.1 Å². The zero-order valence-electron chi connectivity index (χ0n) is 15.9. The van der Waals surface area contributed by atoms with Crippen LogP contribution in [0.1, 0.15) is 24.3 Å². The number of methoxy groups -OCH3 is 4. The second-order valence-corrected chi connectivity index (χ2v) is 6.37. The van der Waals surface area contributed by atoms with Gasteiger partial charge in [-0.05, 0) is 18.9 Å². The molecule has 2 aliphatic rings. The van der Waals surface area contributed by atoms with Crippen LogP contribution in [0, 0.1) is 0 Å². The summed E-state index contributed by atoms with van der Waals surface area (Å²) in [5.74, 6) is -0.557. The van der Waals surface area contributed by atoms with Crippen LogP contribution in [0.5, 0.6) is 11.5 Å². The van der Waals surface area contributed by atoms with Gasteiger partial charge in [0.1, 0.15) is 11.5 Å². The van der Waals surface area contributed by atoms with Gasteiger partial charge in [-0.3, -0.25) is 0 Å². The first-order valence-electron chi connectivity index (χ1n) is 8.63. The minimum atomic E-state index is -0.666. The predicted molar refractivity (Wildman–Crippen MR) is 97.3 cm³/mol. The van der Waals surface area contributed by atoms with Crippen LogP contribution >= 0.6 is 0 Å². The Hall–Kier alpha value is -2.96. The molecule has 0 radical (unpaired) electrons. The lowest BCUT2D eigenvalue weighted by Crippen LogP contribution is -2.29. The Kier molecular flexibility index (Phi) is 5.39. The first-order chi connectivity index (χ1) is 13.0. The fourth-order valence-corrected chi connectivity index (χ4v) is 3.23. The van der Waals surface area contributed by atoms with E-state index in [-0.39, 0.29) is 6.04 Å². The molecule has 0 bridgehead atoms. The lowest BCUT2D eigenvalue weighted by Gasteiger charge is -2.30. The molecule has 0 aromatic heterocycles. The topological polar surface area (TPSA) is 74.3 Å². The Balaban J connectivity index is 2.15. The van der Waals surface area contributed by atoms with Crippen LogP contribution < -0.4 is 9.47 Å². The van der Waals surface area contributed by atoms with E-state index in [9.17, 15) is 9.59 Å². The molecule has 7 heteroatoms. The molecule has 7 nitrogen and oxygen atoms in total. The van der Waals surface area contributed by atoms with E-state index in [2.05, 4.69) is 0 Å². The van der Waals surface area contributed by atoms with Gasteiger partial charge in [0.05, 0.1) is 45.5 Å². The van der Waals surface area contributed by atoms with Gasteiger partial charge >= 0.3 is 11.9 Å². The molecule has 0 saturated heterocycles. The van der Waals surface area contributed by atoms with Gasteiger partial charge in [-0.1, -0.05) is 6.07 Å². The molecular formula is C20H23NO6. The summed E-state index contributed by atoms with van der Waals surface area (Å²) < 4.78 is 20.7. The van der Waals surface area contributed by atoms with E-state index in [1.165, 1.54) is 21.3 Å². The van der Waals surface area contributed by atoms with Crippen molar-refractivity contribution in [2.24, 2.45) is 0 Å². The minimum Gasteiger partial charge on any atom is -0.497 e. The Bertz CT molecular complexity index is 775. The Morgan fingerprint density at radius 2 is 1.52 bits per heavy atom. The number of rotatable bonds is 6. The second kappa shape index (κ2) is 7.73. The zero-order chi connectivity index (χ0) is 19.6. The highest BCUT2D eigenvalue weighted by Gasteiger charge is 2.39. The fraction of sp³-hybridized carbons (Fsp3) is 0.400. The molecule has 0 amide bonds. The maximum Gasteiger partial charge on any atom is 0.336 e. The highest BCUT2D eigenvalue weighted by atomic mass is 16.5. The Morgan fingerprint density at radius 3 is 1.96 bits per heavy atom. The van der Waals surface area contributed by atoms with E-state index in [0.29, 0.717) is 28.2 Å². The van der Waals surface area contributed by atoms with Crippen molar-refractivity contribution >= 4 is 11.9 Å². The molecule has 1 heterocycles. The van der Waals surface area contributed by atoms with E-state index < -0.39 is 17.9 Å². The van der Waals surface area contributed by atoms with E-state index in [1.54, 1.807) is 37.7 Å². The molecule has 1 aliphatic carbocycles. The number of carbonyl (C=O) groups excluding carboxylic acids is 2. The third kappa shape index (κ3) is 3.63. The van der Waals surface area contributed by atoms with E-state index in [4.69, 9.17) is 18.9 Å². The van der Waals surface area contributed by atoms with Crippen molar-refractivity contribution in [1.29, 1.82) is 0 Å². The number of nitrogens with zero attached hydrogens (tertiary/aromatic N) is 1. The normalized spacial score (nSPS) is 17.0. The molecule has 0 atom stereocenters. The molecule has 1 aromatic carbocycles. The number of hydrogen-bond acceptors (Lipinski definition) is 7. The summed E-state index contributed by atoms with van der Waals surface area (Å²) in [6, 6.07) is 5.53. The summed E-state index contributed by atoms with van der Waals surface area (Å²) in [5.41, 5.74) is 1.37. The largest absolute Gasteiger partial charge is 0.497 e. The van der Waals surface area contributed by atoms with Crippen LogP contribution in [0.15, 0.2) is 41.7 Å². The maximum atomic E-state index is 12.6. The van der Waals surface area contributed by atoms with E-state index >= 15 is 0 Å². The van der Waals surface area contributed by atoms with Crippen molar-refractivity contribution < 1.29 is 28.5 Å². The number of carbonyl (C=O) groups is 2. The van der Waals surface area contributed by atoms with E-state index in [1.807, 2.05) is 4.90 Å². The SMILES string of the molecule is COC(=O)C1=CN(C2CC2)C=C(C(=O)OC)C1c1ccc(OC)cc1OC. The zero-order valence-corrected chi connectivity index (χ0v) is 15.9. The second-order valence-electron chi connectivity index (χ2n) is 6.37. The first-order valence-corrected chi connectivity index (χ1v) is 8.63. The summed E-state index contributed by atoms with van der Waals surface area (Å²) in [6.45, 7) is 0. The summed E-state index contributed by atoms with van der Waals surface area (Å²) in [7, 11) is 5.73. The average molecular weight is 373 g/mol. The molecule has 27 heavy (non-hydrogen) atoms. The molecule has 144 valence electrons. The standard InChI is InChI=1S/C20H23NO6/c1-24-13-7-8-14(17(9-13)25-2)18-15(19(22)26-3)10-21(12-5-6-12)11-16(18)20(23)27-4/h7-12,18H,5-6H2,1-4H3. The van der Waals surface area contributed by atoms with Crippen LogP contribution in [0.25, 0.3) is 0 Å². The van der Waals surface area contributed by atoms with Crippen molar-refractivity contribution in [1.82, 2.24) is 4.90 Å². The summed E-state index contributed by atoms with van der Waals surface area (Å²) in [5, 5.41) is 0. The molecule has 1 aliphatic heterocycles. The van der Waals surface area contributed by atoms with Gasteiger partial charge in [0.2, 0.25) is 0 Å². The van der Waals surface area contributed by atoms with Gasteiger partial charge in [-0.25, -0.2) is 9.59 Å². The predicted octanol–water partition coefficient (Wildman–Crippen LogP) is 2.38. The molecule has 0 spiro atoms. The van der Waals surface area contributed by atoms with Crippen LogP contribution in [-0.4, -0.2) is 51.3 Å². The van der Waals surface area contributed by atoms with Crippen molar-refractivity contribution in [2.45, 2.75) is 24.8 Å². The molecule has 1 fully saturated rings. The Morgan fingerprint density at radius 1 is 0.926 bits per heavy atom. The number of hydrogen-bond donors (Lipinski definition) is 0. The first kappa shape index (κ1) is 18.8. The fourth-order valence-electron chi connectivity index (χ4n) is 3.23. The Labute approximate surface area is 158 Å². The number of esters is 2. The summed E-state index contributed by atoms with van der Waals surface area (Å²) >= 11 is 0. The average Bonchev–Trinajstić information content (AvgIpc) is 3.56. The smallest absolute Gasteiger partial charge is 0.336 e. The lowest BCUT2D eigenvalue weighted by atomic mass is 9.82. The maximum absolute atomic E-state index is 12.6. The highest BCUT2D eigenvalue weighted by Crippen LogP contribution is 2.44. The summed E-state index contributed by atoms with van der Waals surface area (Å²) in [4.78, 5) is 27.0. The van der Waals surface area contributed by atoms with Crippen LogP contribution in [0.3, 0.4) is 0 Å². The third-order valence-electron chi connectivity index (χ3n) is 4.76. The van der Waals surface area contributed by atoms with Gasteiger partial charge < -0.3 is 23.8 Å². The molecule has 0 unspecified atom stereocenters. The number of ether oxygens (including phenoxy) is 4. The van der Waals surface area contributed by atoms with Crippen LogP contribution in [0.4, 0.5) is 0 Å². The van der Waals surface area contributed by atoms with Gasteiger partial charge in [0.15, 0.2) is 0 Å². The van der Waals surface area contributed by atoms with Gasteiger partial charge in [0.25, 0.3) is 0 Å². The molecule has 0 N–H and O–H groups in total. The van der Waals surface area contributed by atoms with Crippen molar-refractivity contribution in [3.05, 3.63) is 47.3 Å². The van der Waals surface area contributed by atoms with Gasteiger partial charge in [-0.2, -0.15) is 0 Å². The molecule has 1 saturated carbocycles. The monoisotopic (exact) mass is 373 g/mol. The van der Waals surface area contributed by atoms with Crippen molar-refractivity contribution in [3.8, 4) is 11.5 Å². The third-order valence-corrected chi connectivity index (χ3v) is 4.76. The quantitative estimate of drug-likeness (QED) is 0.709. The summed E-state index contributed by atoms with van der Waals surface area (Å²) in [6.07, 6.45) is 5.52. The molecule has 3 rings (SSSR count). The molecular weight excluding hydrogens is 350 g/mol. The van der Waals surface area contributed by atoms with Crippen molar-refractivity contribution in [2.75, 3.05) is 28.4 Å². The highest BCUT2D eigenvalue weighted by molar-refractivity contribution is 5.98. The lowest BCUT2D eigenvalue weighted by molar-refractivity contribution is -0.137. The van der Waals surface area contributed by atoms with Crippen molar-refractivity contribution in [3.63, 3.8) is 0 Å². The van der Waals surface area contributed by atoms with Crippen LogP contribution in [-0.2, 0) is 19.1 Å². The minimum absolute atomic E-state index is 0.281. The molecule has 1 aromatic rings.